The minimum absolute atomic E-state index is 0.179. The maximum atomic E-state index is 11.0. The van der Waals surface area contributed by atoms with E-state index in [1.165, 1.54) is 193 Å². The zero-order chi connectivity index (χ0) is 30.1. The zero-order valence-electron chi connectivity index (χ0n) is 28.1. The van der Waals surface area contributed by atoms with Crippen LogP contribution < -0.4 is 0 Å². The number of hydrogen-bond acceptors (Lipinski definition) is 2. The van der Waals surface area contributed by atoms with Gasteiger partial charge < -0.3 is 9.79 Å². The molecular formula is C36H75O4P. The van der Waals surface area contributed by atoms with E-state index in [1.54, 1.807) is 0 Å². The lowest BCUT2D eigenvalue weighted by Crippen LogP contribution is -2.04. The van der Waals surface area contributed by atoms with Gasteiger partial charge in [-0.05, 0) is 18.8 Å². The van der Waals surface area contributed by atoms with Crippen LogP contribution in [0.25, 0.3) is 0 Å². The van der Waals surface area contributed by atoms with Crippen molar-refractivity contribution in [3.8, 4) is 0 Å². The number of phosphoric acid groups is 1. The topological polar surface area (TPSA) is 66.8 Å². The van der Waals surface area contributed by atoms with Crippen LogP contribution in [-0.2, 0) is 9.09 Å². The zero-order valence-corrected chi connectivity index (χ0v) is 29.0. The second-order valence-electron chi connectivity index (χ2n) is 13.1. The molecule has 0 aliphatic heterocycles. The molecule has 2 N–H and O–H groups in total. The van der Waals surface area contributed by atoms with Gasteiger partial charge in [0.15, 0.2) is 0 Å². The first-order valence-electron chi connectivity index (χ1n) is 18.7. The highest BCUT2D eigenvalue weighted by molar-refractivity contribution is 7.46. The lowest BCUT2D eigenvalue weighted by Gasteiger charge is -2.17. The average molecular weight is 603 g/mol. The van der Waals surface area contributed by atoms with E-state index in [0.717, 1.165) is 12.8 Å². The van der Waals surface area contributed by atoms with Crippen molar-refractivity contribution < 1.29 is 18.9 Å². The van der Waals surface area contributed by atoms with Crippen molar-refractivity contribution in [2.45, 2.75) is 219 Å². The molecule has 0 aromatic rings. The highest BCUT2D eigenvalue weighted by atomic mass is 31.2. The van der Waals surface area contributed by atoms with Crippen LogP contribution in [0.1, 0.15) is 219 Å². The Morgan fingerprint density at radius 2 is 0.659 bits per heavy atom. The maximum absolute atomic E-state index is 11.0. The van der Waals surface area contributed by atoms with E-state index in [1.807, 2.05) is 0 Å². The molecule has 0 fully saturated rings. The molecule has 0 aromatic carbocycles. The number of phosphoric ester groups is 1. The Kier molecular flexibility index (Phi) is 33.1. The fraction of sp³-hybridized carbons (Fsp3) is 1.00. The predicted molar refractivity (Wildman–Crippen MR) is 181 cm³/mol. The molecular weight excluding hydrogens is 527 g/mol. The standard InChI is InChI=1S/C36H75O4P/c1-3-5-7-9-11-13-15-17-19-21-23-25-27-29-32-36(34-31-35-40-41(37,38)39)33-30-28-26-24-22-20-18-16-14-12-10-8-6-4-2/h36H,3-35H2,1-2H3,(H2,37,38,39). The van der Waals surface area contributed by atoms with Gasteiger partial charge in [0.05, 0.1) is 6.61 Å². The molecule has 0 saturated heterocycles. The summed E-state index contributed by atoms with van der Waals surface area (Å²) in [6.07, 6.45) is 43.4. The first-order valence-corrected chi connectivity index (χ1v) is 20.2. The summed E-state index contributed by atoms with van der Waals surface area (Å²) in [4.78, 5) is 17.9. The number of hydrogen-bond donors (Lipinski definition) is 2. The summed E-state index contributed by atoms with van der Waals surface area (Å²) in [6, 6.07) is 0. The lowest BCUT2D eigenvalue weighted by molar-refractivity contribution is 0.188. The maximum Gasteiger partial charge on any atom is 0.469 e. The van der Waals surface area contributed by atoms with Crippen molar-refractivity contribution >= 4 is 7.82 Å². The Labute approximate surface area is 258 Å². The second-order valence-corrected chi connectivity index (χ2v) is 14.3. The Morgan fingerprint density at radius 1 is 0.415 bits per heavy atom. The third-order valence-corrected chi connectivity index (χ3v) is 9.47. The number of rotatable bonds is 35. The monoisotopic (exact) mass is 603 g/mol. The molecule has 0 aliphatic rings. The minimum Gasteiger partial charge on any atom is -0.303 e. The van der Waals surface area contributed by atoms with Gasteiger partial charge in [-0.3, -0.25) is 4.52 Å². The van der Waals surface area contributed by atoms with E-state index in [2.05, 4.69) is 13.8 Å². The molecule has 0 aliphatic carbocycles. The number of unbranched alkanes of at least 4 members (excludes halogenated alkanes) is 26. The molecule has 0 rings (SSSR count). The summed E-state index contributed by atoms with van der Waals surface area (Å²) in [7, 11) is -4.33. The molecule has 4 nitrogen and oxygen atoms in total. The van der Waals surface area contributed by atoms with Crippen LogP contribution >= 0.6 is 7.82 Å². The molecule has 41 heavy (non-hydrogen) atoms. The fourth-order valence-corrected chi connectivity index (χ4v) is 6.61. The fourth-order valence-electron chi connectivity index (χ4n) is 6.24. The van der Waals surface area contributed by atoms with E-state index in [0.29, 0.717) is 5.92 Å². The van der Waals surface area contributed by atoms with Gasteiger partial charge in [0, 0.05) is 0 Å². The molecule has 0 heterocycles. The van der Waals surface area contributed by atoms with Gasteiger partial charge in [-0.1, -0.05) is 206 Å². The van der Waals surface area contributed by atoms with Crippen LogP contribution in [0.3, 0.4) is 0 Å². The minimum atomic E-state index is -4.33. The van der Waals surface area contributed by atoms with Crippen molar-refractivity contribution in [2.24, 2.45) is 5.92 Å². The lowest BCUT2D eigenvalue weighted by atomic mass is 9.90. The summed E-state index contributed by atoms with van der Waals surface area (Å²) in [5.41, 5.74) is 0. The van der Waals surface area contributed by atoms with Crippen LogP contribution in [0.4, 0.5) is 0 Å². The van der Waals surface area contributed by atoms with E-state index in [-0.39, 0.29) is 6.61 Å². The van der Waals surface area contributed by atoms with Gasteiger partial charge in [0.25, 0.3) is 0 Å². The molecule has 0 spiro atoms. The largest absolute Gasteiger partial charge is 0.469 e. The Bertz CT molecular complexity index is 504. The first-order chi connectivity index (χ1) is 20.0. The molecule has 248 valence electrons. The molecule has 0 atom stereocenters. The van der Waals surface area contributed by atoms with Crippen LogP contribution in [-0.4, -0.2) is 16.4 Å². The molecule has 0 bridgehead atoms. The summed E-state index contributed by atoms with van der Waals surface area (Å²) in [6.45, 7) is 4.75. The van der Waals surface area contributed by atoms with E-state index in [4.69, 9.17) is 14.3 Å². The molecule has 0 radical (unpaired) electrons. The van der Waals surface area contributed by atoms with Gasteiger partial charge in [-0.25, -0.2) is 4.57 Å². The van der Waals surface area contributed by atoms with Crippen molar-refractivity contribution in [3.63, 3.8) is 0 Å². The normalized spacial score (nSPS) is 12.1. The Balaban J connectivity index is 3.79. The molecule has 0 unspecified atom stereocenters. The first kappa shape index (κ1) is 41.1. The van der Waals surface area contributed by atoms with Gasteiger partial charge in [-0.2, -0.15) is 0 Å². The highest BCUT2D eigenvalue weighted by Crippen LogP contribution is 2.36. The summed E-state index contributed by atoms with van der Waals surface area (Å²) < 4.78 is 15.7. The SMILES string of the molecule is CCCCCCCCCCCCCCCCC(CCCCCCCCCCCCCCCC)CCCOP(=O)(O)O. The van der Waals surface area contributed by atoms with Crippen molar-refractivity contribution in [1.29, 1.82) is 0 Å². The van der Waals surface area contributed by atoms with Crippen LogP contribution in [0.5, 0.6) is 0 Å². The van der Waals surface area contributed by atoms with Gasteiger partial charge in [0.2, 0.25) is 0 Å². The quantitative estimate of drug-likeness (QED) is 0.0559. The third kappa shape index (κ3) is 36.2. The summed E-state index contributed by atoms with van der Waals surface area (Å²) in [5, 5.41) is 0. The van der Waals surface area contributed by atoms with Crippen LogP contribution in [0.2, 0.25) is 0 Å². The summed E-state index contributed by atoms with van der Waals surface area (Å²) >= 11 is 0. The smallest absolute Gasteiger partial charge is 0.303 e. The predicted octanol–water partition coefficient (Wildman–Crippen LogP) is 13.2. The molecule has 5 heteroatoms. The van der Waals surface area contributed by atoms with E-state index >= 15 is 0 Å². The van der Waals surface area contributed by atoms with Crippen LogP contribution in [0.15, 0.2) is 0 Å². The molecule has 0 saturated carbocycles. The van der Waals surface area contributed by atoms with Gasteiger partial charge in [0.1, 0.15) is 0 Å². The second kappa shape index (κ2) is 33.0. The van der Waals surface area contributed by atoms with Crippen molar-refractivity contribution in [2.75, 3.05) is 6.61 Å². The highest BCUT2D eigenvalue weighted by Gasteiger charge is 2.14. The molecule has 0 amide bonds. The van der Waals surface area contributed by atoms with E-state index < -0.39 is 7.82 Å². The average Bonchev–Trinajstić information content (AvgIpc) is 2.94. The van der Waals surface area contributed by atoms with E-state index in [9.17, 15) is 4.57 Å². The van der Waals surface area contributed by atoms with Gasteiger partial charge in [-0.15, -0.1) is 0 Å². The summed E-state index contributed by atoms with van der Waals surface area (Å²) in [5.74, 6) is 0.685. The van der Waals surface area contributed by atoms with Crippen LogP contribution in [0, 0.1) is 5.92 Å². The van der Waals surface area contributed by atoms with Crippen molar-refractivity contribution in [3.05, 3.63) is 0 Å². The molecule has 0 aromatic heterocycles. The van der Waals surface area contributed by atoms with Crippen molar-refractivity contribution in [1.82, 2.24) is 0 Å². The Morgan fingerprint density at radius 3 is 0.927 bits per heavy atom. The van der Waals surface area contributed by atoms with Gasteiger partial charge >= 0.3 is 7.82 Å². The third-order valence-electron chi connectivity index (χ3n) is 8.95. The Hall–Kier alpha value is 0.110.